The molecule has 6 nitrogen and oxygen atoms in total. The van der Waals surface area contributed by atoms with Gasteiger partial charge < -0.3 is 5.11 Å². The van der Waals surface area contributed by atoms with E-state index in [4.69, 9.17) is 5.11 Å². The predicted octanol–water partition coefficient (Wildman–Crippen LogP) is -1.74. The normalized spacial score (nSPS) is 8.50. The van der Waals surface area contributed by atoms with E-state index in [1.807, 2.05) is 0 Å². The van der Waals surface area contributed by atoms with E-state index in [2.05, 4.69) is 15.5 Å². The molecule has 0 aliphatic rings. The van der Waals surface area contributed by atoms with Gasteiger partial charge >= 0.3 is 74.9 Å². The maximum atomic E-state index is 10.1. The molecule has 1 heterocycles. The number of carboxylic acid groups (broad SMARTS) is 1. The molecular weight excluding hydrogens is 257 g/mol. The molecule has 0 saturated carbocycles. The molecule has 50 valence electrons. The van der Waals surface area contributed by atoms with Crippen molar-refractivity contribution in [2.75, 3.05) is 0 Å². The van der Waals surface area contributed by atoms with Crippen LogP contribution in [0.2, 0.25) is 0 Å². The second kappa shape index (κ2) is 4.47. The fourth-order valence-corrected chi connectivity index (χ4v) is 0.411. The summed E-state index contributed by atoms with van der Waals surface area (Å²) in [6, 6.07) is 0. The monoisotopic (exact) mass is 262 g/mol. The summed E-state index contributed by atoms with van der Waals surface area (Å²) in [5, 5.41) is 17.9. The van der Waals surface area contributed by atoms with Crippen LogP contribution in [0, 0.1) is 0 Å². The van der Waals surface area contributed by atoms with Crippen LogP contribution in [0.15, 0.2) is 0 Å². The first-order valence-corrected chi connectivity index (χ1v) is 2.17. The second-order valence-electron chi connectivity index (χ2n) is 1.43. The molecule has 1 aromatic rings. The first-order valence-electron chi connectivity index (χ1n) is 2.17. The Hall–Kier alpha value is 0.592. The van der Waals surface area contributed by atoms with E-state index in [0.717, 1.165) is 4.68 Å². The van der Waals surface area contributed by atoms with Crippen molar-refractivity contribution in [3.05, 3.63) is 5.82 Å². The van der Waals surface area contributed by atoms with Gasteiger partial charge in [-0.3, -0.25) is 0 Å². The molecule has 7 heteroatoms. The number of hydrogen-bond donors (Lipinski definition) is 1. The summed E-state index contributed by atoms with van der Waals surface area (Å²) in [7, 11) is 1.46. The van der Waals surface area contributed by atoms with Gasteiger partial charge in [0.1, 0.15) is 0 Å². The summed E-state index contributed by atoms with van der Waals surface area (Å²) in [6.45, 7) is 0. The van der Waals surface area contributed by atoms with Crippen molar-refractivity contribution in [2.45, 2.75) is 0 Å². The van der Waals surface area contributed by atoms with Crippen LogP contribution in [0.5, 0.6) is 0 Å². The first kappa shape index (κ1) is 10.6. The van der Waals surface area contributed by atoms with Gasteiger partial charge in [-0.05, 0) is 10.4 Å². The molecule has 0 spiro atoms. The summed E-state index contributed by atoms with van der Waals surface area (Å²) >= 11 is 0. The average molecular weight is 262 g/mol. The van der Waals surface area contributed by atoms with Crippen molar-refractivity contribution in [2.24, 2.45) is 7.05 Å². The minimum absolute atomic E-state index is 0. The molecule has 0 aliphatic carbocycles. The molecule has 0 bridgehead atoms. The van der Waals surface area contributed by atoms with Crippen molar-refractivity contribution in [3.8, 4) is 0 Å². The number of nitrogens with zero attached hydrogens (tertiary/aromatic N) is 4. The fraction of sp³-hybridized carbons (Fsp3) is 0.333. The van der Waals surface area contributed by atoms with Crippen LogP contribution in [0.3, 0.4) is 0 Å². The predicted molar refractivity (Wildman–Crippen MR) is 32.9 cm³/mol. The third kappa shape index (κ3) is 2.33. The Morgan fingerprint density at radius 1 is 1.70 bits per heavy atom. The van der Waals surface area contributed by atoms with Gasteiger partial charge in [-0.15, -0.1) is 5.10 Å². The number of tetrazole rings is 1. The molecule has 0 radical (unpaired) electrons. The molecule has 0 unspecified atom stereocenters. The van der Waals surface area contributed by atoms with E-state index in [9.17, 15) is 4.79 Å². The zero-order valence-corrected chi connectivity index (χ0v) is 4.64. The Balaban J connectivity index is 0.000000810. The minimum atomic E-state index is -1.12. The standard InChI is InChI=1S/C3H4N4O2.Cs.H/c1-7-2(3(8)9)4-5-6-7;;/h1H3,(H,8,9);;. The summed E-state index contributed by atoms with van der Waals surface area (Å²) in [5.74, 6) is -1.28. The third-order valence-electron chi connectivity index (χ3n) is 0.811. The van der Waals surface area contributed by atoms with E-state index in [1.165, 1.54) is 7.05 Å². The quantitative estimate of drug-likeness (QED) is 0.649. The van der Waals surface area contributed by atoms with Crippen LogP contribution in [0.1, 0.15) is 10.6 Å². The molecule has 0 amide bonds. The van der Waals surface area contributed by atoms with Crippen molar-refractivity contribution in [1.82, 2.24) is 20.2 Å². The van der Waals surface area contributed by atoms with E-state index >= 15 is 0 Å². The third-order valence-corrected chi connectivity index (χ3v) is 0.811. The van der Waals surface area contributed by atoms with E-state index < -0.39 is 5.97 Å². The van der Waals surface area contributed by atoms with Crippen molar-refractivity contribution < 1.29 is 9.90 Å². The molecule has 0 fully saturated rings. The first-order chi connectivity index (χ1) is 4.22. The molecule has 0 atom stereocenters. The van der Waals surface area contributed by atoms with Crippen LogP contribution in [-0.2, 0) is 7.05 Å². The molecule has 10 heavy (non-hydrogen) atoms. The summed E-state index contributed by atoms with van der Waals surface area (Å²) in [6.07, 6.45) is 0. The zero-order chi connectivity index (χ0) is 6.85. The Morgan fingerprint density at radius 3 is 2.50 bits per heavy atom. The van der Waals surface area contributed by atoms with Crippen molar-refractivity contribution in [3.63, 3.8) is 0 Å². The number of aryl methyl sites for hydroxylation is 1. The van der Waals surface area contributed by atoms with Crippen molar-refractivity contribution >= 4 is 74.9 Å². The summed E-state index contributed by atoms with van der Waals surface area (Å²) in [4.78, 5) is 10.1. The van der Waals surface area contributed by atoms with Crippen LogP contribution >= 0.6 is 0 Å². The second-order valence-corrected chi connectivity index (χ2v) is 1.43. The van der Waals surface area contributed by atoms with Gasteiger partial charge in [0.15, 0.2) is 0 Å². The molecule has 1 aromatic heterocycles. The van der Waals surface area contributed by atoms with Crippen molar-refractivity contribution in [1.29, 1.82) is 0 Å². The van der Waals surface area contributed by atoms with Gasteiger partial charge in [-0.25, -0.2) is 9.48 Å². The number of aromatic carboxylic acids is 1. The molecule has 0 aromatic carbocycles. The topological polar surface area (TPSA) is 80.9 Å². The van der Waals surface area contributed by atoms with Gasteiger partial charge in [0.2, 0.25) is 0 Å². The Morgan fingerprint density at radius 2 is 2.30 bits per heavy atom. The Kier molecular flexibility index (Phi) is 4.73. The fourth-order valence-electron chi connectivity index (χ4n) is 0.411. The number of rotatable bonds is 1. The molecule has 0 saturated heterocycles. The van der Waals surface area contributed by atoms with Gasteiger partial charge in [-0.1, -0.05) is 0 Å². The van der Waals surface area contributed by atoms with Crippen LogP contribution < -0.4 is 0 Å². The number of hydrogen-bond acceptors (Lipinski definition) is 4. The molecule has 0 aliphatic heterocycles. The Labute approximate surface area is 115 Å². The van der Waals surface area contributed by atoms with Crippen LogP contribution in [-0.4, -0.2) is 100 Å². The summed E-state index contributed by atoms with van der Waals surface area (Å²) in [5.41, 5.74) is 0. The molecule has 1 rings (SSSR count). The van der Waals surface area contributed by atoms with Crippen LogP contribution in [0.4, 0.5) is 0 Å². The maximum absolute atomic E-state index is 10.1. The number of carboxylic acids is 1. The van der Waals surface area contributed by atoms with Gasteiger partial charge in [0.25, 0.3) is 5.82 Å². The van der Waals surface area contributed by atoms with Gasteiger partial charge in [-0.2, -0.15) is 0 Å². The van der Waals surface area contributed by atoms with Gasteiger partial charge in [0.05, 0.1) is 0 Å². The SMILES string of the molecule is Cn1nnnc1C(=O)O.[CsH]. The van der Waals surface area contributed by atoms with Gasteiger partial charge in [0, 0.05) is 7.05 Å². The molecule has 1 N–H and O–H groups in total. The van der Waals surface area contributed by atoms with E-state index in [0.29, 0.717) is 0 Å². The zero-order valence-electron chi connectivity index (χ0n) is 4.64. The molecular formula is C3H5CsN4O2. The number of carbonyl (C=O) groups is 1. The number of aromatic nitrogens is 4. The van der Waals surface area contributed by atoms with E-state index in [-0.39, 0.29) is 74.7 Å². The van der Waals surface area contributed by atoms with E-state index in [1.54, 1.807) is 0 Å². The summed E-state index contributed by atoms with van der Waals surface area (Å²) < 4.78 is 1.09. The Bertz CT molecular complexity index is 234. The van der Waals surface area contributed by atoms with Crippen LogP contribution in [0.25, 0.3) is 0 Å². The average Bonchev–Trinajstić information content (AvgIpc) is 2.13.